The lowest BCUT2D eigenvalue weighted by Crippen LogP contribution is -2.43. The summed E-state index contributed by atoms with van der Waals surface area (Å²) in [5.74, 6) is 0.881. The Hall–Kier alpha value is -2.98. The zero-order chi connectivity index (χ0) is 22.4. The molecule has 3 aromatic heterocycles. The first-order chi connectivity index (χ1) is 15.4. The van der Waals surface area contributed by atoms with Crippen LogP contribution in [0.2, 0.25) is 0 Å². The molecular weight excluding hydrogens is 431 g/mol. The Labute approximate surface area is 188 Å². The Morgan fingerprint density at radius 3 is 2.94 bits per heavy atom. The number of halogens is 1. The molecule has 5 N–H and O–H groups in total. The van der Waals surface area contributed by atoms with Crippen molar-refractivity contribution in [3.63, 3.8) is 0 Å². The summed E-state index contributed by atoms with van der Waals surface area (Å²) >= 11 is 1.29. The van der Waals surface area contributed by atoms with Crippen LogP contribution in [0.4, 0.5) is 15.9 Å². The molecule has 10 heteroatoms. The van der Waals surface area contributed by atoms with Crippen LogP contribution in [0.5, 0.6) is 5.88 Å². The zero-order valence-corrected chi connectivity index (χ0v) is 18.5. The van der Waals surface area contributed by atoms with Crippen LogP contribution in [0.15, 0.2) is 24.3 Å². The summed E-state index contributed by atoms with van der Waals surface area (Å²) in [6, 6.07) is 7.24. The second-order valence-electron chi connectivity index (χ2n) is 8.45. The number of thiophene rings is 1. The first-order valence-electron chi connectivity index (χ1n) is 10.6. The first kappa shape index (κ1) is 20.9. The molecule has 168 valence electrons. The normalized spacial score (nSPS) is 22.6. The molecule has 2 aliphatic heterocycles. The molecule has 0 radical (unpaired) electrons. The molecule has 32 heavy (non-hydrogen) atoms. The quantitative estimate of drug-likeness (QED) is 0.550. The SMILES string of the molecule is Cc1ccc2c(N)c(C(=O)N[C@H]3COc4nc(N5C[C@@H](CF)[C@H](N)C5)ccc4C3)sc2n1. The number of nitrogens with two attached hydrogens (primary N) is 2. The average Bonchev–Trinajstić information content (AvgIpc) is 3.32. The van der Waals surface area contributed by atoms with Crippen molar-refractivity contribution in [3.8, 4) is 5.88 Å². The number of pyridine rings is 2. The van der Waals surface area contributed by atoms with Crippen LogP contribution >= 0.6 is 11.3 Å². The van der Waals surface area contributed by atoms with Crippen molar-refractivity contribution in [1.82, 2.24) is 15.3 Å². The van der Waals surface area contributed by atoms with Crippen LogP contribution in [0, 0.1) is 12.8 Å². The summed E-state index contributed by atoms with van der Waals surface area (Å²) in [5, 5.41) is 3.82. The minimum Gasteiger partial charge on any atom is -0.475 e. The van der Waals surface area contributed by atoms with E-state index < -0.39 is 6.67 Å². The summed E-state index contributed by atoms with van der Waals surface area (Å²) in [7, 11) is 0. The van der Waals surface area contributed by atoms with E-state index in [1.807, 2.05) is 36.1 Å². The minimum atomic E-state index is -0.430. The van der Waals surface area contributed by atoms with Gasteiger partial charge in [-0.05, 0) is 31.2 Å². The number of fused-ring (bicyclic) bond motifs is 2. The highest BCUT2D eigenvalue weighted by molar-refractivity contribution is 7.21. The number of nitrogen functional groups attached to an aromatic ring is 1. The van der Waals surface area contributed by atoms with Gasteiger partial charge in [0.2, 0.25) is 5.88 Å². The maximum atomic E-state index is 13.1. The highest BCUT2D eigenvalue weighted by Crippen LogP contribution is 2.33. The predicted molar refractivity (Wildman–Crippen MR) is 123 cm³/mol. The van der Waals surface area contributed by atoms with E-state index in [9.17, 15) is 9.18 Å². The van der Waals surface area contributed by atoms with Crippen LogP contribution < -0.4 is 26.4 Å². The maximum absolute atomic E-state index is 13.1. The second kappa shape index (κ2) is 8.18. The van der Waals surface area contributed by atoms with Gasteiger partial charge in [-0.15, -0.1) is 11.3 Å². The van der Waals surface area contributed by atoms with E-state index in [1.165, 1.54) is 11.3 Å². The van der Waals surface area contributed by atoms with Gasteiger partial charge in [-0.2, -0.15) is 4.98 Å². The third kappa shape index (κ3) is 3.73. The molecule has 1 amide bonds. The van der Waals surface area contributed by atoms with Crippen molar-refractivity contribution < 1.29 is 13.9 Å². The molecule has 0 unspecified atom stereocenters. The maximum Gasteiger partial charge on any atom is 0.263 e. The molecular formula is C22H25FN6O2S. The lowest BCUT2D eigenvalue weighted by atomic mass is 10.1. The smallest absolute Gasteiger partial charge is 0.263 e. The summed E-state index contributed by atoms with van der Waals surface area (Å²) in [5.41, 5.74) is 14.5. The van der Waals surface area contributed by atoms with Gasteiger partial charge in [0.25, 0.3) is 5.91 Å². The van der Waals surface area contributed by atoms with Crippen molar-refractivity contribution in [2.24, 2.45) is 11.7 Å². The molecule has 0 bridgehead atoms. The fraction of sp³-hybridized carbons (Fsp3) is 0.409. The van der Waals surface area contributed by atoms with Crippen LogP contribution in [0.25, 0.3) is 10.2 Å². The summed E-state index contributed by atoms with van der Waals surface area (Å²) in [6.07, 6.45) is 0.600. The number of aromatic nitrogens is 2. The minimum absolute atomic E-state index is 0.172. The molecule has 1 fully saturated rings. The van der Waals surface area contributed by atoms with Gasteiger partial charge in [-0.1, -0.05) is 0 Å². The van der Waals surface area contributed by atoms with Crippen molar-refractivity contribution in [3.05, 3.63) is 40.4 Å². The largest absolute Gasteiger partial charge is 0.475 e. The number of nitrogens with zero attached hydrogens (tertiary/aromatic N) is 3. The fourth-order valence-corrected chi connectivity index (χ4v) is 5.31. The van der Waals surface area contributed by atoms with Crippen LogP contribution in [-0.2, 0) is 6.42 Å². The summed E-state index contributed by atoms with van der Waals surface area (Å²) < 4.78 is 18.9. The molecule has 0 aliphatic carbocycles. The van der Waals surface area contributed by atoms with Crippen LogP contribution in [-0.4, -0.2) is 54.3 Å². The summed E-state index contributed by atoms with van der Waals surface area (Å²) in [4.78, 5) is 25.2. The Kier molecular flexibility index (Phi) is 5.34. The Morgan fingerprint density at radius 2 is 2.16 bits per heavy atom. The topological polar surface area (TPSA) is 119 Å². The number of rotatable bonds is 4. The van der Waals surface area contributed by atoms with E-state index in [1.54, 1.807) is 0 Å². The van der Waals surface area contributed by atoms with Gasteiger partial charge < -0.3 is 26.4 Å². The van der Waals surface area contributed by atoms with Gasteiger partial charge in [0, 0.05) is 48.1 Å². The van der Waals surface area contributed by atoms with Crippen LogP contribution in [0.3, 0.4) is 0 Å². The third-order valence-electron chi connectivity index (χ3n) is 6.10. The van der Waals surface area contributed by atoms with E-state index in [0.29, 0.717) is 42.6 Å². The van der Waals surface area contributed by atoms with Gasteiger partial charge in [-0.25, -0.2) is 4.98 Å². The lowest BCUT2D eigenvalue weighted by Gasteiger charge is -2.27. The number of anilines is 2. The number of carbonyl (C=O) groups is 1. The third-order valence-corrected chi connectivity index (χ3v) is 7.21. The molecule has 0 aromatic carbocycles. The van der Waals surface area contributed by atoms with E-state index >= 15 is 0 Å². The highest BCUT2D eigenvalue weighted by Gasteiger charge is 2.32. The van der Waals surface area contributed by atoms with Gasteiger partial charge in [0.15, 0.2) is 0 Å². The van der Waals surface area contributed by atoms with Gasteiger partial charge >= 0.3 is 0 Å². The number of aryl methyl sites for hydroxylation is 1. The average molecular weight is 457 g/mol. The molecule has 8 nitrogen and oxygen atoms in total. The summed E-state index contributed by atoms with van der Waals surface area (Å²) in [6.45, 7) is 2.91. The van der Waals surface area contributed by atoms with E-state index in [-0.39, 0.29) is 23.9 Å². The Bertz CT molecular complexity index is 1180. The molecule has 3 aromatic rings. The van der Waals surface area contributed by atoms with Crippen molar-refractivity contribution in [2.45, 2.75) is 25.4 Å². The van der Waals surface area contributed by atoms with Gasteiger partial charge in [0.05, 0.1) is 18.4 Å². The standard InChI is InChI=1S/C22H25FN6O2S/c1-11-2-4-15-18(25)19(32-22(15)26-11)20(30)27-14-6-12-3-5-17(28-21(12)31-10-14)29-8-13(7-23)16(24)9-29/h2-5,13-14,16H,6-10,24-25H2,1H3,(H,27,30)/t13-,14-,16-/m1/s1. The number of hydrogen-bond acceptors (Lipinski definition) is 8. The van der Waals surface area contributed by atoms with Crippen molar-refractivity contribution in [2.75, 3.05) is 37.0 Å². The molecule has 3 atom stereocenters. The molecule has 5 rings (SSSR count). The van der Waals surface area contributed by atoms with Crippen molar-refractivity contribution in [1.29, 1.82) is 0 Å². The monoisotopic (exact) mass is 456 g/mol. The number of carbonyl (C=O) groups excluding carboxylic acids is 1. The molecule has 0 saturated carbocycles. The van der Waals surface area contributed by atoms with Crippen molar-refractivity contribution >= 4 is 39.0 Å². The highest BCUT2D eigenvalue weighted by atomic mass is 32.1. The second-order valence-corrected chi connectivity index (χ2v) is 9.45. The lowest BCUT2D eigenvalue weighted by molar-refractivity contribution is 0.0918. The van der Waals surface area contributed by atoms with E-state index in [0.717, 1.165) is 27.3 Å². The molecule has 1 saturated heterocycles. The number of nitrogens with one attached hydrogen (secondary N) is 1. The fourth-order valence-electron chi connectivity index (χ4n) is 4.27. The number of hydrogen-bond donors (Lipinski definition) is 3. The Morgan fingerprint density at radius 1 is 1.31 bits per heavy atom. The van der Waals surface area contributed by atoms with E-state index in [2.05, 4.69) is 15.3 Å². The van der Waals surface area contributed by atoms with Crippen LogP contribution in [0.1, 0.15) is 20.9 Å². The predicted octanol–water partition coefficient (Wildman–Crippen LogP) is 2.05. The molecule has 0 spiro atoms. The molecule has 2 aliphatic rings. The van der Waals surface area contributed by atoms with Gasteiger partial charge in [-0.3, -0.25) is 9.18 Å². The number of alkyl halides is 1. The van der Waals surface area contributed by atoms with Gasteiger partial charge in [0.1, 0.15) is 22.1 Å². The Balaban J connectivity index is 1.28. The zero-order valence-electron chi connectivity index (χ0n) is 17.7. The van der Waals surface area contributed by atoms with E-state index in [4.69, 9.17) is 16.2 Å². The number of amides is 1. The molecule has 5 heterocycles. The first-order valence-corrected chi connectivity index (χ1v) is 11.4. The number of ether oxygens (including phenoxy) is 1.